The number of hydrogen-bond acceptors (Lipinski definition) is 2. The van der Waals surface area contributed by atoms with Gasteiger partial charge in [0.1, 0.15) is 12.0 Å². The van der Waals surface area contributed by atoms with Gasteiger partial charge in [0.05, 0.1) is 0 Å². The Labute approximate surface area is 97.3 Å². The zero-order valence-electron chi connectivity index (χ0n) is 9.83. The molecule has 0 aromatic rings. The number of carbonyl (C=O) groups is 1. The topological polar surface area (TPSA) is 26.3 Å². The van der Waals surface area contributed by atoms with E-state index in [9.17, 15) is 4.79 Å². The van der Waals surface area contributed by atoms with Crippen molar-refractivity contribution in [3.63, 3.8) is 0 Å². The first-order valence-corrected chi connectivity index (χ1v) is 6.33. The number of esters is 1. The van der Waals surface area contributed by atoms with Crippen LogP contribution in [0, 0.1) is 17.8 Å². The lowest BCUT2D eigenvalue weighted by atomic mass is 9.75. The second-order valence-electron chi connectivity index (χ2n) is 4.99. The lowest BCUT2D eigenvalue weighted by Gasteiger charge is -2.36. The molecule has 1 fully saturated rings. The molecule has 0 aliphatic heterocycles. The molecule has 0 spiro atoms. The van der Waals surface area contributed by atoms with E-state index in [4.69, 9.17) is 16.3 Å². The highest BCUT2D eigenvalue weighted by molar-refractivity contribution is 6.26. The maximum absolute atomic E-state index is 11.2. The second kappa shape index (κ2) is 5.74. The summed E-state index contributed by atoms with van der Waals surface area (Å²) in [5.74, 6) is 1.43. The van der Waals surface area contributed by atoms with Crippen molar-refractivity contribution in [2.45, 2.75) is 46.1 Å². The Hall–Kier alpha value is -0.240. The summed E-state index contributed by atoms with van der Waals surface area (Å²) in [5, 5.41) is 0. The average Bonchev–Trinajstić information content (AvgIpc) is 2.17. The summed E-state index contributed by atoms with van der Waals surface area (Å²) < 4.78 is 5.41. The molecule has 0 amide bonds. The van der Waals surface area contributed by atoms with Crippen LogP contribution in [0.15, 0.2) is 0 Å². The maximum Gasteiger partial charge on any atom is 0.321 e. The Morgan fingerprint density at radius 1 is 1.47 bits per heavy atom. The van der Waals surface area contributed by atoms with Crippen LogP contribution in [-0.4, -0.2) is 18.0 Å². The van der Waals surface area contributed by atoms with Crippen molar-refractivity contribution in [2.24, 2.45) is 17.8 Å². The van der Waals surface area contributed by atoms with Crippen molar-refractivity contribution in [3.05, 3.63) is 0 Å². The fourth-order valence-corrected chi connectivity index (χ4v) is 2.51. The van der Waals surface area contributed by atoms with Gasteiger partial charge in [0.15, 0.2) is 0 Å². The monoisotopic (exact) mass is 232 g/mol. The first kappa shape index (κ1) is 12.8. The molecule has 1 saturated carbocycles. The molecule has 15 heavy (non-hydrogen) atoms. The zero-order chi connectivity index (χ0) is 11.4. The summed E-state index contributed by atoms with van der Waals surface area (Å²) in [6, 6.07) is 0. The third kappa shape index (κ3) is 3.67. The predicted octanol–water partition coefficient (Wildman–Crippen LogP) is 3.23. The van der Waals surface area contributed by atoms with E-state index >= 15 is 0 Å². The van der Waals surface area contributed by atoms with E-state index in [2.05, 4.69) is 20.8 Å². The van der Waals surface area contributed by atoms with E-state index in [0.29, 0.717) is 17.8 Å². The summed E-state index contributed by atoms with van der Waals surface area (Å²) in [6.07, 6.45) is 3.49. The summed E-state index contributed by atoms with van der Waals surface area (Å²) in [5.41, 5.74) is 0. The highest BCUT2D eigenvalue weighted by Crippen LogP contribution is 2.35. The van der Waals surface area contributed by atoms with Gasteiger partial charge in [0, 0.05) is 0 Å². The van der Waals surface area contributed by atoms with Gasteiger partial charge in [0.25, 0.3) is 0 Å². The molecule has 0 unspecified atom stereocenters. The first-order valence-electron chi connectivity index (χ1n) is 5.80. The van der Waals surface area contributed by atoms with Gasteiger partial charge in [-0.25, -0.2) is 0 Å². The van der Waals surface area contributed by atoms with E-state index in [-0.39, 0.29) is 18.0 Å². The minimum atomic E-state index is -0.276. The molecule has 0 N–H and O–H groups in total. The van der Waals surface area contributed by atoms with E-state index in [1.54, 1.807) is 0 Å². The van der Waals surface area contributed by atoms with Crippen LogP contribution in [-0.2, 0) is 9.53 Å². The summed E-state index contributed by atoms with van der Waals surface area (Å²) in [7, 11) is 0. The van der Waals surface area contributed by atoms with Gasteiger partial charge in [-0.1, -0.05) is 27.2 Å². The predicted molar refractivity (Wildman–Crippen MR) is 61.9 cm³/mol. The second-order valence-corrected chi connectivity index (χ2v) is 5.26. The first-order chi connectivity index (χ1) is 7.04. The minimum absolute atomic E-state index is 0.0320. The van der Waals surface area contributed by atoms with Gasteiger partial charge in [-0.15, -0.1) is 11.6 Å². The largest absolute Gasteiger partial charge is 0.461 e. The number of alkyl halides is 1. The Morgan fingerprint density at radius 2 is 2.13 bits per heavy atom. The molecule has 88 valence electrons. The number of ether oxygens (including phenoxy) is 1. The van der Waals surface area contributed by atoms with Gasteiger partial charge in [-0.3, -0.25) is 4.79 Å². The molecule has 0 bridgehead atoms. The van der Waals surface area contributed by atoms with Crippen LogP contribution >= 0.6 is 11.6 Å². The number of carbonyl (C=O) groups excluding carboxylic acids is 1. The average molecular weight is 233 g/mol. The SMILES string of the molecule is CC(C)[C@@H]1CC[C@H](C)C[C@@H]1OC(=O)CCl. The molecule has 0 heterocycles. The van der Waals surface area contributed by atoms with Crippen molar-refractivity contribution in [2.75, 3.05) is 5.88 Å². The normalized spacial score (nSPS) is 31.7. The molecular weight excluding hydrogens is 212 g/mol. The van der Waals surface area contributed by atoms with Gasteiger partial charge < -0.3 is 4.74 Å². The van der Waals surface area contributed by atoms with E-state index in [1.165, 1.54) is 12.8 Å². The van der Waals surface area contributed by atoms with Crippen molar-refractivity contribution < 1.29 is 9.53 Å². The fraction of sp³-hybridized carbons (Fsp3) is 0.917. The summed E-state index contributed by atoms with van der Waals surface area (Å²) >= 11 is 5.46. The number of halogens is 1. The standard InChI is InChI=1S/C12H21ClO2/c1-8(2)10-5-4-9(3)6-11(10)15-12(14)7-13/h8-11H,4-7H2,1-3H3/t9-,10-,11-/m0/s1. The number of rotatable bonds is 3. The van der Waals surface area contributed by atoms with Crippen LogP contribution in [0.5, 0.6) is 0 Å². The zero-order valence-corrected chi connectivity index (χ0v) is 10.6. The molecule has 1 rings (SSSR count). The van der Waals surface area contributed by atoms with E-state index < -0.39 is 0 Å². The van der Waals surface area contributed by atoms with Crippen molar-refractivity contribution >= 4 is 17.6 Å². The third-order valence-corrected chi connectivity index (χ3v) is 3.57. The molecule has 0 saturated heterocycles. The van der Waals surface area contributed by atoms with E-state index in [0.717, 1.165) is 6.42 Å². The van der Waals surface area contributed by atoms with Gasteiger partial charge in [0.2, 0.25) is 0 Å². The van der Waals surface area contributed by atoms with Crippen LogP contribution in [0.1, 0.15) is 40.0 Å². The maximum atomic E-state index is 11.2. The van der Waals surface area contributed by atoms with Crippen LogP contribution in [0.25, 0.3) is 0 Å². The quantitative estimate of drug-likeness (QED) is 0.552. The van der Waals surface area contributed by atoms with Crippen molar-refractivity contribution in [1.29, 1.82) is 0 Å². The molecular formula is C12H21ClO2. The Balaban J connectivity index is 2.57. The van der Waals surface area contributed by atoms with Crippen LogP contribution in [0.2, 0.25) is 0 Å². The number of hydrogen-bond donors (Lipinski definition) is 0. The summed E-state index contributed by atoms with van der Waals surface area (Å²) in [4.78, 5) is 11.2. The fourth-order valence-electron chi connectivity index (χ4n) is 2.45. The highest BCUT2D eigenvalue weighted by atomic mass is 35.5. The van der Waals surface area contributed by atoms with Crippen LogP contribution in [0.4, 0.5) is 0 Å². The Morgan fingerprint density at radius 3 is 2.67 bits per heavy atom. The smallest absolute Gasteiger partial charge is 0.321 e. The van der Waals surface area contributed by atoms with Gasteiger partial charge in [-0.2, -0.15) is 0 Å². The molecule has 0 aromatic heterocycles. The van der Waals surface area contributed by atoms with Gasteiger partial charge in [-0.05, 0) is 30.6 Å². The molecule has 0 radical (unpaired) electrons. The third-order valence-electron chi connectivity index (χ3n) is 3.35. The molecule has 2 nitrogen and oxygen atoms in total. The Kier molecular flexibility index (Phi) is 4.91. The highest BCUT2D eigenvalue weighted by Gasteiger charge is 2.33. The lowest BCUT2D eigenvalue weighted by molar-refractivity contribution is -0.152. The molecule has 0 aromatic carbocycles. The van der Waals surface area contributed by atoms with Crippen LogP contribution in [0.3, 0.4) is 0 Å². The lowest BCUT2D eigenvalue weighted by Crippen LogP contribution is -2.36. The Bertz CT molecular complexity index is 216. The van der Waals surface area contributed by atoms with Gasteiger partial charge >= 0.3 is 5.97 Å². The molecule has 1 aliphatic carbocycles. The molecule has 3 heteroatoms. The molecule has 3 atom stereocenters. The van der Waals surface area contributed by atoms with Crippen LogP contribution < -0.4 is 0 Å². The minimum Gasteiger partial charge on any atom is -0.461 e. The summed E-state index contributed by atoms with van der Waals surface area (Å²) in [6.45, 7) is 6.61. The van der Waals surface area contributed by atoms with Crippen molar-refractivity contribution in [1.82, 2.24) is 0 Å². The van der Waals surface area contributed by atoms with Crippen molar-refractivity contribution in [3.8, 4) is 0 Å². The van der Waals surface area contributed by atoms with E-state index in [1.807, 2.05) is 0 Å². The molecule has 1 aliphatic rings.